The summed E-state index contributed by atoms with van der Waals surface area (Å²) in [6, 6.07) is 5.96. The van der Waals surface area contributed by atoms with Gasteiger partial charge in [-0.3, -0.25) is 0 Å². The molecule has 1 atom stereocenters. The van der Waals surface area contributed by atoms with Gasteiger partial charge in [0.05, 0.1) is 13.1 Å². The van der Waals surface area contributed by atoms with Gasteiger partial charge in [-0.05, 0) is 45.2 Å². The van der Waals surface area contributed by atoms with E-state index in [4.69, 9.17) is 4.42 Å². The van der Waals surface area contributed by atoms with Crippen LogP contribution in [0.5, 0.6) is 0 Å². The van der Waals surface area contributed by atoms with Crippen molar-refractivity contribution in [3.8, 4) is 0 Å². The first-order chi connectivity index (χ1) is 10.9. The highest BCUT2D eigenvalue weighted by Crippen LogP contribution is 2.26. The second-order valence-corrected chi connectivity index (χ2v) is 6.76. The second-order valence-electron chi connectivity index (χ2n) is 5.73. The van der Waals surface area contributed by atoms with Crippen LogP contribution in [0.15, 0.2) is 33.0 Å². The average Bonchev–Trinajstić information content (AvgIpc) is 3.11. The fourth-order valence-corrected chi connectivity index (χ4v) is 3.05. The minimum absolute atomic E-state index is 0.350. The highest BCUT2D eigenvalue weighted by atomic mass is 32.1. The Morgan fingerprint density at radius 3 is 2.74 bits per heavy atom. The molecular weight excluding hydrogens is 310 g/mol. The largest absolute Gasteiger partial charge is 0.466 e. The molecule has 0 saturated heterocycles. The highest BCUT2D eigenvalue weighted by Gasteiger charge is 2.27. The van der Waals surface area contributed by atoms with Crippen molar-refractivity contribution in [1.29, 1.82) is 0 Å². The molecule has 2 heterocycles. The molecule has 0 spiro atoms. The maximum absolute atomic E-state index is 10.7. The summed E-state index contributed by atoms with van der Waals surface area (Å²) < 4.78 is 5.52. The first kappa shape index (κ1) is 17.6. The Morgan fingerprint density at radius 2 is 2.17 bits per heavy atom. The topological polar surface area (TPSA) is 69.8 Å². The van der Waals surface area contributed by atoms with Crippen LogP contribution in [0.25, 0.3) is 0 Å². The number of aliphatic hydroxyl groups is 1. The summed E-state index contributed by atoms with van der Waals surface area (Å²) in [6.45, 7) is 9.29. The van der Waals surface area contributed by atoms with Crippen molar-refractivity contribution in [3.63, 3.8) is 0 Å². The van der Waals surface area contributed by atoms with Gasteiger partial charge >= 0.3 is 0 Å². The fourth-order valence-electron chi connectivity index (χ4n) is 2.42. The predicted molar refractivity (Wildman–Crippen MR) is 94.9 cm³/mol. The zero-order chi connectivity index (χ0) is 16.9. The minimum Gasteiger partial charge on any atom is -0.466 e. The summed E-state index contributed by atoms with van der Waals surface area (Å²) in [4.78, 5) is 5.75. The number of hydrogen-bond acceptors (Lipinski definition) is 4. The lowest BCUT2D eigenvalue weighted by Crippen LogP contribution is -2.44. The molecule has 0 fully saturated rings. The van der Waals surface area contributed by atoms with Crippen LogP contribution in [0.1, 0.15) is 35.8 Å². The quantitative estimate of drug-likeness (QED) is 0.561. The number of furan rings is 1. The maximum Gasteiger partial charge on any atom is 0.191 e. The molecular formula is C17H25N3O2S. The maximum atomic E-state index is 10.7. The lowest BCUT2D eigenvalue weighted by atomic mass is 9.96. The van der Waals surface area contributed by atoms with Crippen LogP contribution in [0.4, 0.5) is 0 Å². The Hall–Kier alpha value is -1.79. The summed E-state index contributed by atoms with van der Waals surface area (Å²) in [5.41, 5.74) is -0.224. The zero-order valence-electron chi connectivity index (χ0n) is 14.1. The van der Waals surface area contributed by atoms with E-state index >= 15 is 0 Å². The van der Waals surface area contributed by atoms with Crippen molar-refractivity contribution in [1.82, 2.24) is 10.6 Å². The van der Waals surface area contributed by atoms with Crippen molar-refractivity contribution in [3.05, 3.63) is 45.5 Å². The van der Waals surface area contributed by atoms with Crippen LogP contribution in [0, 0.1) is 13.8 Å². The number of aryl methyl sites for hydroxylation is 2. The summed E-state index contributed by atoms with van der Waals surface area (Å²) in [7, 11) is 0. The average molecular weight is 335 g/mol. The first-order valence-electron chi connectivity index (χ1n) is 7.77. The third kappa shape index (κ3) is 4.84. The van der Waals surface area contributed by atoms with E-state index in [0.29, 0.717) is 19.0 Å². The van der Waals surface area contributed by atoms with E-state index in [2.05, 4.69) is 21.7 Å². The van der Waals surface area contributed by atoms with Crippen LogP contribution in [-0.4, -0.2) is 24.2 Å². The Labute approximate surface area is 141 Å². The summed E-state index contributed by atoms with van der Waals surface area (Å²) >= 11 is 1.68. The number of nitrogens with one attached hydrogen (secondary N) is 2. The number of nitrogens with zero attached hydrogens (tertiary/aromatic N) is 1. The number of aliphatic imine (C=N–C) groups is 1. The van der Waals surface area contributed by atoms with Gasteiger partial charge in [0, 0.05) is 17.0 Å². The molecule has 3 N–H and O–H groups in total. The van der Waals surface area contributed by atoms with Gasteiger partial charge in [0.1, 0.15) is 17.1 Å². The molecule has 0 saturated carbocycles. The Bertz CT molecular complexity index is 645. The normalized spacial score (nSPS) is 14.6. The van der Waals surface area contributed by atoms with Crippen LogP contribution >= 0.6 is 11.3 Å². The molecule has 0 aliphatic heterocycles. The fraction of sp³-hybridized carbons (Fsp3) is 0.471. The SMILES string of the molecule is CCNC(=NCc1cccs1)NCC(C)(O)c1cc(C)oc1C. The highest BCUT2D eigenvalue weighted by molar-refractivity contribution is 7.09. The molecule has 0 aliphatic carbocycles. The molecule has 1 unspecified atom stereocenters. The number of thiophene rings is 1. The molecule has 0 amide bonds. The smallest absolute Gasteiger partial charge is 0.191 e. The van der Waals surface area contributed by atoms with E-state index in [1.54, 1.807) is 18.3 Å². The van der Waals surface area contributed by atoms with Crippen molar-refractivity contribution < 1.29 is 9.52 Å². The summed E-state index contributed by atoms with van der Waals surface area (Å²) in [5, 5.41) is 19.2. The Morgan fingerprint density at radius 1 is 1.39 bits per heavy atom. The van der Waals surface area contributed by atoms with Gasteiger partial charge in [-0.1, -0.05) is 6.07 Å². The van der Waals surface area contributed by atoms with Crippen molar-refractivity contribution in [2.45, 2.75) is 39.8 Å². The summed E-state index contributed by atoms with van der Waals surface area (Å²) in [5.74, 6) is 2.24. The summed E-state index contributed by atoms with van der Waals surface area (Å²) in [6.07, 6.45) is 0. The van der Waals surface area contributed by atoms with E-state index < -0.39 is 5.60 Å². The third-order valence-electron chi connectivity index (χ3n) is 3.54. The molecule has 2 rings (SSSR count). The van der Waals surface area contributed by atoms with E-state index in [9.17, 15) is 5.11 Å². The van der Waals surface area contributed by atoms with E-state index in [0.717, 1.165) is 23.6 Å². The molecule has 2 aromatic heterocycles. The molecule has 0 aliphatic rings. The van der Waals surface area contributed by atoms with Gasteiger partial charge in [0.25, 0.3) is 0 Å². The van der Waals surface area contributed by atoms with Crippen molar-refractivity contribution in [2.75, 3.05) is 13.1 Å². The lowest BCUT2D eigenvalue weighted by Gasteiger charge is -2.24. The van der Waals surface area contributed by atoms with Gasteiger partial charge in [0.15, 0.2) is 5.96 Å². The molecule has 0 aromatic carbocycles. The number of guanidine groups is 1. The van der Waals surface area contributed by atoms with E-state index in [1.165, 1.54) is 4.88 Å². The van der Waals surface area contributed by atoms with Gasteiger partial charge < -0.3 is 20.2 Å². The standard InChI is InChI=1S/C17H25N3O2S/c1-5-18-16(19-10-14-7-6-8-23-14)20-11-17(4,21)15-9-12(2)22-13(15)3/h6-9,21H,5,10-11H2,1-4H3,(H2,18,19,20). The molecule has 6 heteroatoms. The Kier molecular flexibility index (Phi) is 5.85. The monoisotopic (exact) mass is 335 g/mol. The zero-order valence-corrected chi connectivity index (χ0v) is 15.0. The van der Waals surface area contributed by atoms with Gasteiger partial charge in [0.2, 0.25) is 0 Å². The second kappa shape index (κ2) is 7.66. The Balaban J connectivity index is 2.02. The molecule has 0 radical (unpaired) electrons. The third-order valence-corrected chi connectivity index (χ3v) is 4.40. The van der Waals surface area contributed by atoms with Gasteiger partial charge in [-0.2, -0.15) is 0 Å². The van der Waals surface area contributed by atoms with Crippen LogP contribution in [0.3, 0.4) is 0 Å². The number of rotatable bonds is 6. The molecule has 2 aromatic rings. The lowest BCUT2D eigenvalue weighted by molar-refractivity contribution is 0.0601. The first-order valence-corrected chi connectivity index (χ1v) is 8.65. The minimum atomic E-state index is -1.03. The van der Waals surface area contributed by atoms with E-state index in [-0.39, 0.29) is 0 Å². The van der Waals surface area contributed by atoms with Gasteiger partial charge in [-0.15, -0.1) is 11.3 Å². The van der Waals surface area contributed by atoms with Crippen molar-refractivity contribution >= 4 is 17.3 Å². The molecule has 5 nitrogen and oxygen atoms in total. The molecule has 126 valence electrons. The van der Waals surface area contributed by atoms with Crippen LogP contribution in [-0.2, 0) is 12.1 Å². The van der Waals surface area contributed by atoms with E-state index in [1.807, 2.05) is 38.3 Å². The molecule has 0 bridgehead atoms. The van der Waals surface area contributed by atoms with Gasteiger partial charge in [-0.25, -0.2) is 4.99 Å². The predicted octanol–water partition coefficient (Wildman–Crippen LogP) is 2.92. The molecule has 23 heavy (non-hydrogen) atoms. The van der Waals surface area contributed by atoms with Crippen LogP contribution < -0.4 is 10.6 Å². The van der Waals surface area contributed by atoms with Crippen LogP contribution in [0.2, 0.25) is 0 Å². The number of hydrogen-bond donors (Lipinski definition) is 3. The van der Waals surface area contributed by atoms with Crippen molar-refractivity contribution in [2.24, 2.45) is 4.99 Å².